The molecule has 22 heavy (non-hydrogen) atoms. The van der Waals surface area contributed by atoms with Gasteiger partial charge in [-0.15, -0.1) is 0 Å². The van der Waals surface area contributed by atoms with Gasteiger partial charge in [0, 0.05) is 13.1 Å². The molecule has 1 atom stereocenters. The summed E-state index contributed by atoms with van der Waals surface area (Å²) in [4.78, 5) is 31.3. The number of benzene rings is 1. The maximum Gasteiger partial charge on any atom is 0.261 e. The number of para-hydroxylation sites is 1. The highest BCUT2D eigenvalue weighted by Crippen LogP contribution is 2.19. The molecule has 3 rings (SSSR count). The molecule has 1 aliphatic rings. The molecule has 0 bridgehead atoms. The van der Waals surface area contributed by atoms with Crippen molar-refractivity contribution in [1.82, 2.24) is 14.5 Å². The van der Waals surface area contributed by atoms with E-state index in [1.807, 2.05) is 23.1 Å². The Morgan fingerprint density at radius 1 is 1.36 bits per heavy atom. The second-order valence-corrected chi connectivity index (χ2v) is 5.97. The molecule has 1 aromatic heterocycles. The lowest BCUT2D eigenvalue weighted by molar-refractivity contribution is -0.131. The summed E-state index contributed by atoms with van der Waals surface area (Å²) < 4.78 is 1.49. The normalized spacial score (nSPS) is 18.1. The summed E-state index contributed by atoms with van der Waals surface area (Å²) in [5.41, 5.74) is 0.545. The minimum atomic E-state index is -0.136. The Morgan fingerprint density at radius 3 is 2.86 bits per heavy atom. The van der Waals surface area contributed by atoms with Gasteiger partial charge < -0.3 is 4.90 Å². The Hall–Kier alpha value is -2.17. The number of likely N-dealkylation sites (tertiary alicyclic amines) is 1. The van der Waals surface area contributed by atoms with Crippen molar-refractivity contribution in [3.63, 3.8) is 0 Å². The third kappa shape index (κ3) is 2.63. The van der Waals surface area contributed by atoms with Crippen LogP contribution < -0.4 is 5.56 Å². The molecule has 0 aliphatic carbocycles. The molecule has 2 heterocycles. The van der Waals surface area contributed by atoms with Crippen molar-refractivity contribution >= 4 is 16.8 Å². The molecule has 5 heteroatoms. The average molecular weight is 299 g/mol. The number of carbonyl (C=O) groups excluding carboxylic acids is 1. The Balaban J connectivity index is 1.88. The SMILES string of the molecule is CC[C@@H]1CCN(C(=O)Cn2c(C)nc3ccccc3c2=O)C1. The van der Waals surface area contributed by atoms with Crippen molar-refractivity contribution < 1.29 is 4.79 Å². The second-order valence-electron chi connectivity index (χ2n) is 5.97. The van der Waals surface area contributed by atoms with E-state index in [-0.39, 0.29) is 18.0 Å². The smallest absolute Gasteiger partial charge is 0.261 e. The summed E-state index contributed by atoms with van der Waals surface area (Å²) in [6.45, 7) is 5.62. The van der Waals surface area contributed by atoms with E-state index < -0.39 is 0 Å². The molecule has 1 aromatic carbocycles. The number of fused-ring (bicyclic) bond motifs is 1. The van der Waals surface area contributed by atoms with Gasteiger partial charge in [0.05, 0.1) is 10.9 Å². The summed E-state index contributed by atoms with van der Waals surface area (Å²) in [7, 11) is 0. The standard InChI is InChI=1S/C17H21N3O2/c1-3-13-8-9-19(10-13)16(21)11-20-12(2)18-15-7-5-4-6-14(15)17(20)22/h4-7,13H,3,8-11H2,1-2H3/t13-/m1/s1. The fourth-order valence-electron chi connectivity index (χ4n) is 3.09. The van der Waals surface area contributed by atoms with Gasteiger partial charge in [-0.05, 0) is 31.4 Å². The first-order chi connectivity index (χ1) is 10.6. The zero-order valence-corrected chi connectivity index (χ0v) is 13.1. The van der Waals surface area contributed by atoms with Crippen LogP contribution in [0, 0.1) is 12.8 Å². The number of amides is 1. The summed E-state index contributed by atoms with van der Waals surface area (Å²) >= 11 is 0. The minimum Gasteiger partial charge on any atom is -0.341 e. The molecule has 0 saturated carbocycles. The summed E-state index contributed by atoms with van der Waals surface area (Å²) in [6, 6.07) is 7.26. The van der Waals surface area contributed by atoms with Crippen LogP contribution in [0.1, 0.15) is 25.6 Å². The molecule has 0 N–H and O–H groups in total. The molecule has 1 fully saturated rings. The third-order valence-corrected chi connectivity index (χ3v) is 4.56. The number of hydrogen-bond donors (Lipinski definition) is 0. The molecule has 1 aliphatic heterocycles. The van der Waals surface area contributed by atoms with Gasteiger partial charge in [-0.3, -0.25) is 14.2 Å². The first kappa shape index (κ1) is 14.8. The van der Waals surface area contributed by atoms with Crippen LogP contribution >= 0.6 is 0 Å². The lowest BCUT2D eigenvalue weighted by Gasteiger charge is -2.18. The van der Waals surface area contributed by atoms with Crippen molar-refractivity contribution in [1.29, 1.82) is 0 Å². The largest absolute Gasteiger partial charge is 0.341 e. The highest BCUT2D eigenvalue weighted by atomic mass is 16.2. The highest BCUT2D eigenvalue weighted by Gasteiger charge is 2.25. The third-order valence-electron chi connectivity index (χ3n) is 4.56. The number of carbonyl (C=O) groups is 1. The maximum atomic E-state index is 12.6. The van der Waals surface area contributed by atoms with Gasteiger partial charge in [-0.2, -0.15) is 0 Å². The van der Waals surface area contributed by atoms with Crippen molar-refractivity contribution in [2.45, 2.75) is 33.2 Å². The van der Waals surface area contributed by atoms with Gasteiger partial charge in [0.2, 0.25) is 5.91 Å². The quantitative estimate of drug-likeness (QED) is 0.870. The predicted molar refractivity (Wildman–Crippen MR) is 85.7 cm³/mol. The topological polar surface area (TPSA) is 55.2 Å². The highest BCUT2D eigenvalue weighted by molar-refractivity contribution is 5.79. The van der Waals surface area contributed by atoms with Crippen LogP contribution in [0.4, 0.5) is 0 Å². The van der Waals surface area contributed by atoms with Crippen LogP contribution in [0.5, 0.6) is 0 Å². The number of hydrogen-bond acceptors (Lipinski definition) is 3. The molecule has 116 valence electrons. The van der Waals surface area contributed by atoms with Gasteiger partial charge in [0.15, 0.2) is 0 Å². The molecule has 0 spiro atoms. The van der Waals surface area contributed by atoms with Gasteiger partial charge in [0.25, 0.3) is 5.56 Å². The van der Waals surface area contributed by atoms with E-state index in [0.717, 1.165) is 25.9 Å². The number of aromatic nitrogens is 2. The monoisotopic (exact) mass is 299 g/mol. The van der Waals surface area contributed by atoms with E-state index in [1.54, 1.807) is 13.0 Å². The fraction of sp³-hybridized carbons (Fsp3) is 0.471. The van der Waals surface area contributed by atoms with E-state index in [9.17, 15) is 9.59 Å². The molecule has 1 saturated heterocycles. The van der Waals surface area contributed by atoms with Crippen LogP contribution in [0.3, 0.4) is 0 Å². The molecule has 1 amide bonds. The van der Waals surface area contributed by atoms with Gasteiger partial charge >= 0.3 is 0 Å². The van der Waals surface area contributed by atoms with Crippen LogP contribution in [0.2, 0.25) is 0 Å². The molecule has 5 nitrogen and oxygen atoms in total. The Morgan fingerprint density at radius 2 is 2.14 bits per heavy atom. The summed E-state index contributed by atoms with van der Waals surface area (Å²) in [5.74, 6) is 1.19. The molecular formula is C17H21N3O2. The predicted octanol–water partition coefficient (Wildman–Crippen LogP) is 1.96. The molecule has 0 radical (unpaired) electrons. The van der Waals surface area contributed by atoms with E-state index in [1.165, 1.54) is 4.57 Å². The Bertz CT molecular complexity index is 766. The first-order valence-electron chi connectivity index (χ1n) is 7.84. The molecule has 0 unspecified atom stereocenters. The van der Waals surface area contributed by atoms with Crippen molar-refractivity contribution in [3.05, 3.63) is 40.4 Å². The minimum absolute atomic E-state index is 0.0123. The zero-order chi connectivity index (χ0) is 15.7. The summed E-state index contributed by atoms with van der Waals surface area (Å²) in [5, 5.41) is 0.564. The first-order valence-corrected chi connectivity index (χ1v) is 7.84. The van der Waals surface area contributed by atoms with Crippen LogP contribution in [-0.4, -0.2) is 33.4 Å². The molecular weight excluding hydrogens is 278 g/mol. The van der Waals surface area contributed by atoms with E-state index >= 15 is 0 Å². The Labute approximate surface area is 129 Å². The number of nitrogens with zero attached hydrogens (tertiary/aromatic N) is 3. The van der Waals surface area contributed by atoms with Crippen molar-refractivity contribution in [2.75, 3.05) is 13.1 Å². The van der Waals surface area contributed by atoms with E-state index in [4.69, 9.17) is 0 Å². The Kier molecular flexibility index (Phi) is 3.96. The van der Waals surface area contributed by atoms with Crippen LogP contribution in [-0.2, 0) is 11.3 Å². The second kappa shape index (κ2) is 5.91. The number of aryl methyl sites for hydroxylation is 1. The van der Waals surface area contributed by atoms with Gasteiger partial charge in [-0.25, -0.2) is 4.98 Å². The van der Waals surface area contributed by atoms with Gasteiger partial charge in [-0.1, -0.05) is 25.5 Å². The van der Waals surface area contributed by atoms with Gasteiger partial charge in [0.1, 0.15) is 12.4 Å². The molecule has 2 aromatic rings. The maximum absolute atomic E-state index is 12.6. The van der Waals surface area contributed by atoms with Crippen LogP contribution in [0.15, 0.2) is 29.1 Å². The average Bonchev–Trinajstić information content (AvgIpc) is 3.00. The van der Waals surface area contributed by atoms with Crippen molar-refractivity contribution in [3.8, 4) is 0 Å². The van der Waals surface area contributed by atoms with E-state index in [2.05, 4.69) is 11.9 Å². The van der Waals surface area contributed by atoms with E-state index in [0.29, 0.717) is 22.6 Å². The zero-order valence-electron chi connectivity index (χ0n) is 13.1. The number of rotatable bonds is 3. The summed E-state index contributed by atoms with van der Waals surface area (Å²) in [6.07, 6.45) is 2.16. The lowest BCUT2D eigenvalue weighted by Crippen LogP contribution is -2.36. The lowest BCUT2D eigenvalue weighted by atomic mass is 10.1. The van der Waals surface area contributed by atoms with Crippen LogP contribution in [0.25, 0.3) is 10.9 Å². The fourth-order valence-corrected chi connectivity index (χ4v) is 3.09. The van der Waals surface area contributed by atoms with Crippen molar-refractivity contribution in [2.24, 2.45) is 5.92 Å².